The number of allylic oxidation sites excluding steroid dienone is 3. The smallest absolute Gasteiger partial charge is 0.247 e. The van der Waals surface area contributed by atoms with Gasteiger partial charge in [-0.25, -0.2) is 4.98 Å². The van der Waals surface area contributed by atoms with Crippen LogP contribution in [-0.2, 0) is 4.79 Å². The normalized spacial score (nSPS) is 18.8. The molecule has 2 aliphatic carbocycles. The number of anilines is 1. The van der Waals surface area contributed by atoms with Crippen molar-refractivity contribution in [3.8, 4) is 17.2 Å². The number of nitriles is 1. The van der Waals surface area contributed by atoms with Gasteiger partial charge in [0.25, 0.3) is 0 Å². The van der Waals surface area contributed by atoms with E-state index in [1.165, 1.54) is 24.8 Å². The minimum absolute atomic E-state index is 0.0513. The third kappa shape index (κ3) is 5.87. The highest BCUT2D eigenvalue weighted by Crippen LogP contribution is 2.32. The van der Waals surface area contributed by atoms with Gasteiger partial charge < -0.3 is 10.6 Å². The van der Waals surface area contributed by atoms with E-state index in [4.69, 9.17) is 5.26 Å². The zero-order chi connectivity index (χ0) is 25.6. The third-order valence-corrected chi connectivity index (χ3v) is 7.28. The van der Waals surface area contributed by atoms with E-state index >= 15 is 0 Å². The van der Waals surface area contributed by atoms with Gasteiger partial charge in [0.1, 0.15) is 11.9 Å². The first kappa shape index (κ1) is 24.7. The maximum Gasteiger partial charge on any atom is 0.247 e. The van der Waals surface area contributed by atoms with Crippen molar-refractivity contribution in [3.63, 3.8) is 0 Å². The second kappa shape index (κ2) is 11.4. The fraction of sp³-hybridized carbons (Fsp3) is 0.333. The number of pyridine rings is 1. The maximum absolute atomic E-state index is 13.4. The van der Waals surface area contributed by atoms with Gasteiger partial charge in [0.05, 0.1) is 24.2 Å². The first-order valence-corrected chi connectivity index (χ1v) is 13.0. The van der Waals surface area contributed by atoms with Crippen LogP contribution in [0.3, 0.4) is 0 Å². The fourth-order valence-electron chi connectivity index (χ4n) is 4.69. The van der Waals surface area contributed by atoms with E-state index in [-0.39, 0.29) is 17.7 Å². The molecule has 3 atom stereocenters. The van der Waals surface area contributed by atoms with E-state index in [9.17, 15) is 4.79 Å². The minimum Gasteiger partial charge on any atom is -0.309 e. The van der Waals surface area contributed by atoms with E-state index in [2.05, 4.69) is 46.0 Å². The lowest BCUT2D eigenvalue weighted by atomic mass is 9.91. The van der Waals surface area contributed by atoms with Crippen LogP contribution >= 0.6 is 0 Å². The maximum atomic E-state index is 13.4. The molecular formula is C30H32N6O. The van der Waals surface area contributed by atoms with Crippen molar-refractivity contribution in [2.24, 2.45) is 11.8 Å². The van der Waals surface area contributed by atoms with Crippen LogP contribution in [0.25, 0.3) is 11.1 Å². The summed E-state index contributed by atoms with van der Waals surface area (Å²) in [5.41, 5.74) is 4.08. The standard InChI is InChI=1S/C30H32N6O/c1-21(23-12-10-22(16-31)11-13-23)17-33-29(24-6-3-2-4-7-24)30(37)35-28-15-14-25(18-32-28)26-19-34-36(20-26)27-8-5-9-27/h2-4,6-7,10,12-15,18-22,27,29,33H,5,8-9,11,17H2,1H3,(H,32,35,37). The summed E-state index contributed by atoms with van der Waals surface area (Å²) in [6.07, 6.45) is 16.2. The number of aromatic nitrogens is 3. The van der Waals surface area contributed by atoms with Crippen LogP contribution in [0.5, 0.6) is 0 Å². The Bertz CT molecular complexity index is 1310. The number of nitrogens with one attached hydrogen (secondary N) is 2. The molecule has 1 saturated carbocycles. The minimum atomic E-state index is -0.522. The van der Waals surface area contributed by atoms with Crippen molar-refractivity contribution in [1.82, 2.24) is 20.1 Å². The molecule has 188 valence electrons. The molecule has 2 aliphatic rings. The molecule has 0 radical (unpaired) electrons. The molecule has 7 heteroatoms. The van der Waals surface area contributed by atoms with Gasteiger partial charge in [-0.1, -0.05) is 55.5 Å². The van der Waals surface area contributed by atoms with Crippen LogP contribution in [0.15, 0.2) is 84.9 Å². The Morgan fingerprint density at radius 2 is 2.00 bits per heavy atom. The monoisotopic (exact) mass is 492 g/mol. The first-order valence-electron chi connectivity index (χ1n) is 13.0. The Balaban J connectivity index is 1.24. The quantitative estimate of drug-likeness (QED) is 0.405. The molecule has 0 saturated heterocycles. The predicted molar refractivity (Wildman–Crippen MR) is 144 cm³/mol. The van der Waals surface area contributed by atoms with Gasteiger partial charge in [-0.15, -0.1) is 0 Å². The van der Waals surface area contributed by atoms with E-state index in [1.54, 1.807) is 6.20 Å². The summed E-state index contributed by atoms with van der Waals surface area (Å²) in [4.78, 5) is 17.9. The number of hydrogen-bond acceptors (Lipinski definition) is 5. The molecule has 1 amide bonds. The van der Waals surface area contributed by atoms with Gasteiger partial charge in [0.2, 0.25) is 5.91 Å². The van der Waals surface area contributed by atoms with Gasteiger partial charge in [-0.2, -0.15) is 10.4 Å². The van der Waals surface area contributed by atoms with Gasteiger partial charge in [-0.3, -0.25) is 9.48 Å². The van der Waals surface area contributed by atoms with Crippen molar-refractivity contribution < 1.29 is 4.79 Å². The van der Waals surface area contributed by atoms with Crippen LogP contribution < -0.4 is 10.6 Å². The summed E-state index contributed by atoms with van der Waals surface area (Å²) in [6.45, 7) is 2.75. The molecule has 1 aromatic carbocycles. The van der Waals surface area contributed by atoms with Crippen LogP contribution in [0.2, 0.25) is 0 Å². The molecule has 5 rings (SSSR count). The third-order valence-electron chi connectivity index (χ3n) is 7.28. The number of carbonyl (C=O) groups is 1. The number of hydrogen-bond donors (Lipinski definition) is 2. The molecule has 3 unspecified atom stereocenters. The van der Waals surface area contributed by atoms with E-state index in [0.29, 0.717) is 18.4 Å². The lowest BCUT2D eigenvalue weighted by molar-refractivity contribution is -0.118. The van der Waals surface area contributed by atoms with Gasteiger partial charge in [-0.05, 0) is 54.9 Å². The van der Waals surface area contributed by atoms with Crippen LogP contribution in [0, 0.1) is 23.2 Å². The summed E-state index contributed by atoms with van der Waals surface area (Å²) in [5, 5.41) is 20.0. The van der Waals surface area contributed by atoms with E-state index in [0.717, 1.165) is 23.1 Å². The van der Waals surface area contributed by atoms with Gasteiger partial charge in [0.15, 0.2) is 0 Å². The van der Waals surface area contributed by atoms with Gasteiger partial charge >= 0.3 is 0 Å². The number of rotatable bonds is 9. The molecule has 37 heavy (non-hydrogen) atoms. The summed E-state index contributed by atoms with van der Waals surface area (Å²) in [6, 6.07) is 15.8. The topological polar surface area (TPSA) is 95.6 Å². The zero-order valence-electron chi connectivity index (χ0n) is 21.0. The lowest BCUT2D eigenvalue weighted by Gasteiger charge is -2.25. The summed E-state index contributed by atoms with van der Waals surface area (Å²) in [5.74, 6) is 0.503. The molecule has 0 bridgehead atoms. The average molecular weight is 493 g/mol. The predicted octanol–water partition coefficient (Wildman–Crippen LogP) is 5.60. The molecule has 2 aromatic heterocycles. The Kier molecular flexibility index (Phi) is 7.57. The van der Waals surface area contributed by atoms with Gasteiger partial charge in [0, 0.05) is 30.1 Å². The van der Waals surface area contributed by atoms with Crippen LogP contribution in [0.4, 0.5) is 5.82 Å². The zero-order valence-corrected chi connectivity index (χ0v) is 21.0. The molecule has 2 heterocycles. The second-order valence-corrected chi connectivity index (χ2v) is 9.90. The van der Waals surface area contributed by atoms with Crippen molar-refractivity contribution in [2.45, 2.75) is 44.7 Å². The Labute approximate surface area is 217 Å². The van der Waals surface area contributed by atoms with Crippen LogP contribution in [-0.4, -0.2) is 27.2 Å². The first-order chi connectivity index (χ1) is 18.1. The Morgan fingerprint density at radius 1 is 1.16 bits per heavy atom. The van der Waals surface area contributed by atoms with E-state index in [1.807, 2.05) is 65.5 Å². The largest absolute Gasteiger partial charge is 0.309 e. The highest BCUT2D eigenvalue weighted by molar-refractivity contribution is 5.95. The van der Waals surface area contributed by atoms with E-state index < -0.39 is 6.04 Å². The second-order valence-electron chi connectivity index (χ2n) is 9.90. The number of benzene rings is 1. The van der Waals surface area contributed by atoms with Crippen molar-refractivity contribution in [3.05, 3.63) is 90.4 Å². The van der Waals surface area contributed by atoms with Crippen molar-refractivity contribution >= 4 is 11.7 Å². The summed E-state index contributed by atoms with van der Waals surface area (Å²) >= 11 is 0. The fourth-order valence-corrected chi connectivity index (χ4v) is 4.69. The highest BCUT2D eigenvalue weighted by Gasteiger charge is 2.23. The Morgan fingerprint density at radius 3 is 2.65 bits per heavy atom. The summed E-state index contributed by atoms with van der Waals surface area (Å²) in [7, 11) is 0. The molecule has 0 spiro atoms. The average Bonchev–Trinajstić information content (AvgIpc) is 3.38. The molecular weight excluding hydrogens is 460 g/mol. The summed E-state index contributed by atoms with van der Waals surface area (Å²) < 4.78 is 2.05. The number of amides is 1. The molecule has 1 fully saturated rings. The lowest BCUT2D eigenvalue weighted by Crippen LogP contribution is -2.36. The van der Waals surface area contributed by atoms with Crippen LogP contribution in [0.1, 0.15) is 50.3 Å². The molecule has 2 N–H and O–H groups in total. The molecule has 3 aromatic rings. The van der Waals surface area contributed by atoms with Crippen molar-refractivity contribution in [2.75, 3.05) is 11.9 Å². The number of carbonyl (C=O) groups excluding carboxylic acids is 1. The number of nitrogens with zero attached hydrogens (tertiary/aromatic N) is 4. The SMILES string of the molecule is CC(CNC(C(=O)Nc1ccc(-c2cnn(C3CCC3)c2)cn1)c1ccccc1)C1=CCC(C#N)C=C1. The van der Waals surface area contributed by atoms with Crippen molar-refractivity contribution in [1.29, 1.82) is 5.26 Å². The molecule has 0 aliphatic heterocycles. The highest BCUT2D eigenvalue weighted by atomic mass is 16.2. The Hall–Kier alpha value is -4.02. The molecule has 7 nitrogen and oxygen atoms in total.